The number of hydrogen-bond acceptors (Lipinski definition) is 4. The molecule has 2 aliphatic carbocycles. The van der Waals surface area contributed by atoms with Crippen molar-refractivity contribution in [2.24, 2.45) is 11.1 Å². The van der Waals surface area contributed by atoms with Gasteiger partial charge in [-0.3, -0.25) is 4.90 Å². The van der Waals surface area contributed by atoms with Crippen molar-refractivity contribution in [2.75, 3.05) is 13.7 Å². The highest BCUT2D eigenvalue weighted by molar-refractivity contribution is 7.12. The van der Waals surface area contributed by atoms with Gasteiger partial charge in [-0.25, -0.2) is 4.79 Å². The molecule has 0 aromatic carbocycles. The molecular formula is C19H30N2O2S. The van der Waals surface area contributed by atoms with Crippen molar-refractivity contribution in [2.45, 2.75) is 70.8 Å². The molecule has 0 saturated heterocycles. The van der Waals surface area contributed by atoms with E-state index in [4.69, 9.17) is 5.73 Å². The zero-order valence-corrected chi connectivity index (χ0v) is 15.9. The Morgan fingerprint density at radius 3 is 2.75 bits per heavy atom. The summed E-state index contributed by atoms with van der Waals surface area (Å²) in [6.45, 7) is 5.04. The first-order valence-corrected chi connectivity index (χ1v) is 9.94. The summed E-state index contributed by atoms with van der Waals surface area (Å²) >= 11 is 1.78. The Bertz CT molecular complexity index is 623. The van der Waals surface area contributed by atoms with Crippen molar-refractivity contribution in [3.63, 3.8) is 0 Å². The van der Waals surface area contributed by atoms with E-state index in [1.54, 1.807) is 11.3 Å². The maximum atomic E-state index is 12.1. The van der Waals surface area contributed by atoms with E-state index in [1.165, 1.54) is 17.7 Å². The number of thiophene rings is 1. The van der Waals surface area contributed by atoms with E-state index in [0.29, 0.717) is 24.2 Å². The molecule has 1 aromatic heterocycles. The molecule has 134 valence electrons. The van der Waals surface area contributed by atoms with Crippen LogP contribution in [-0.4, -0.2) is 35.7 Å². The van der Waals surface area contributed by atoms with Crippen molar-refractivity contribution < 1.29 is 9.90 Å². The topological polar surface area (TPSA) is 66.6 Å². The van der Waals surface area contributed by atoms with Crippen molar-refractivity contribution in [3.05, 3.63) is 20.9 Å². The van der Waals surface area contributed by atoms with Gasteiger partial charge in [-0.1, -0.05) is 26.7 Å². The molecule has 0 aliphatic heterocycles. The Kier molecular flexibility index (Phi) is 5.05. The third-order valence-corrected chi connectivity index (χ3v) is 7.36. The van der Waals surface area contributed by atoms with Gasteiger partial charge in [0.05, 0.1) is 5.56 Å². The quantitative estimate of drug-likeness (QED) is 0.810. The van der Waals surface area contributed by atoms with Crippen LogP contribution in [0.15, 0.2) is 0 Å². The fourth-order valence-corrected chi connectivity index (χ4v) is 6.02. The predicted octanol–water partition coefficient (Wildman–Crippen LogP) is 3.84. The van der Waals surface area contributed by atoms with Gasteiger partial charge in [-0.15, -0.1) is 11.3 Å². The molecule has 4 nitrogen and oxygen atoms in total. The molecule has 1 aromatic rings. The van der Waals surface area contributed by atoms with E-state index in [0.717, 1.165) is 42.5 Å². The molecule has 2 aliphatic rings. The molecule has 5 heteroatoms. The summed E-state index contributed by atoms with van der Waals surface area (Å²) in [4.78, 5) is 16.8. The molecule has 1 fully saturated rings. The lowest BCUT2D eigenvalue weighted by Gasteiger charge is -2.37. The normalized spacial score (nSPS) is 26.4. The van der Waals surface area contributed by atoms with Gasteiger partial charge in [0.2, 0.25) is 0 Å². The Balaban J connectivity index is 2.04. The van der Waals surface area contributed by atoms with Crippen LogP contribution in [0.5, 0.6) is 0 Å². The monoisotopic (exact) mass is 350 g/mol. The number of nitrogens with two attached hydrogens (primary N) is 1. The van der Waals surface area contributed by atoms with Gasteiger partial charge in [-0.05, 0) is 50.1 Å². The van der Waals surface area contributed by atoms with Crippen molar-refractivity contribution in [1.82, 2.24) is 4.90 Å². The number of aromatic carboxylic acids is 1. The summed E-state index contributed by atoms with van der Waals surface area (Å²) in [7, 11) is 2.07. The highest BCUT2D eigenvalue weighted by Crippen LogP contribution is 2.47. The lowest BCUT2D eigenvalue weighted by Crippen LogP contribution is -2.42. The summed E-state index contributed by atoms with van der Waals surface area (Å²) in [5, 5.41) is 9.96. The molecule has 24 heavy (non-hydrogen) atoms. The molecule has 1 saturated carbocycles. The second-order valence-corrected chi connectivity index (χ2v) is 9.42. The number of rotatable bonds is 4. The van der Waals surface area contributed by atoms with Crippen LogP contribution in [0.4, 0.5) is 0 Å². The van der Waals surface area contributed by atoms with E-state index in [1.807, 2.05) is 0 Å². The summed E-state index contributed by atoms with van der Waals surface area (Å²) in [5.41, 5.74) is 7.84. The molecule has 3 rings (SSSR count). The third-order valence-electron chi connectivity index (χ3n) is 5.94. The summed E-state index contributed by atoms with van der Waals surface area (Å²) in [6.07, 6.45) is 7.67. The molecule has 0 radical (unpaired) electrons. The van der Waals surface area contributed by atoms with E-state index in [9.17, 15) is 9.90 Å². The minimum absolute atomic E-state index is 0.204. The van der Waals surface area contributed by atoms with Gasteiger partial charge in [0.1, 0.15) is 0 Å². The summed E-state index contributed by atoms with van der Waals surface area (Å²) in [6, 6.07) is 0.370. The molecule has 3 N–H and O–H groups in total. The van der Waals surface area contributed by atoms with Gasteiger partial charge < -0.3 is 10.8 Å². The molecule has 0 spiro atoms. The van der Waals surface area contributed by atoms with Crippen LogP contribution >= 0.6 is 11.3 Å². The molecule has 0 unspecified atom stereocenters. The van der Waals surface area contributed by atoms with Gasteiger partial charge in [0, 0.05) is 28.4 Å². The largest absolute Gasteiger partial charge is 0.478 e. The maximum absolute atomic E-state index is 12.1. The minimum atomic E-state index is -0.736. The fourth-order valence-electron chi connectivity index (χ4n) is 4.52. The van der Waals surface area contributed by atoms with Gasteiger partial charge in [0.25, 0.3) is 0 Å². The summed E-state index contributed by atoms with van der Waals surface area (Å²) in [5.74, 6) is -0.419. The Morgan fingerprint density at radius 2 is 2.08 bits per heavy atom. The SMILES string of the molecule is CN(CN)[C@@H]1CCCC[C@H]1c1sc2c(c1C(=O)O)CC(C)(C)CC2. The van der Waals surface area contributed by atoms with E-state index >= 15 is 0 Å². The maximum Gasteiger partial charge on any atom is 0.337 e. The average molecular weight is 351 g/mol. The number of hydrogen-bond donors (Lipinski definition) is 2. The second-order valence-electron chi connectivity index (χ2n) is 8.29. The van der Waals surface area contributed by atoms with Gasteiger partial charge >= 0.3 is 5.97 Å². The number of carboxylic acid groups (broad SMARTS) is 1. The van der Waals surface area contributed by atoms with E-state index in [-0.39, 0.29) is 5.41 Å². The number of aryl methyl sites for hydroxylation is 1. The number of nitrogens with zero attached hydrogens (tertiary/aromatic N) is 1. The van der Waals surface area contributed by atoms with E-state index < -0.39 is 5.97 Å². The zero-order valence-electron chi connectivity index (χ0n) is 15.1. The molecule has 0 bridgehead atoms. The minimum Gasteiger partial charge on any atom is -0.478 e. The Labute approximate surface area is 149 Å². The van der Waals surface area contributed by atoms with Crippen molar-refractivity contribution >= 4 is 17.3 Å². The van der Waals surface area contributed by atoms with Gasteiger partial charge in [0.15, 0.2) is 0 Å². The van der Waals surface area contributed by atoms with Crippen LogP contribution in [0, 0.1) is 5.41 Å². The summed E-state index contributed by atoms with van der Waals surface area (Å²) < 4.78 is 0. The lowest BCUT2D eigenvalue weighted by molar-refractivity contribution is 0.0692. The third kappa shape index (κ3) is 3.26. The number of likely N-dealkylation sites (N-methyl/N-ethyl adjacent to an activating group) is 1. The average Bonchev–Trinajstić information content (AvgIpc) is 2.91. The van der Waals surface area contributed by atoms with Crippen molar-refractivity contribution in [3.8, 4) is 0 Å². The first-order chi connectivity index (χ1) is 11.3. The molecule has 1 heterocycles. The molecular weight excluding hydrogens is 320 g/mol. The van der Waals surface area contributed by atoms with Crippen molar-refractivity contribution in [1.29, 1.82) is 0 Å². The second kappa shape index (κ2) is 6.77. The number of carboxylic acids is 1. The fraction of sp³-hybridized carbons (Fsp3) is 0.737. The highest BCUT2D eigenvalue weighted by atomic mass is 32.1. The van der Waals surface area contributed by atoms with Crippen LogP contribution in [0.3, 0.4) is 0 Å². The van der Waals surface area contributed by atoms with Crippen LogP contribution < -0.4 is 5.73 Å². The molecule has 2 atom stereocenters. The van der Waals surface area contributed by atoms with Crippen LogP contribution in [0.1, 0.15) is 77.5 Å². The van der Waals surface area contributed by atoms with Crippen LogP contribution in [0.25, 0.3) is 0 Å². The standard InChI is InChI=1S/C19H30N2O2S/c1-19(2)9-8-15-13(10-19)16(18(22)23)17(24-15)12-6-4-5-7-14(12)21(3)11-20/h12,14H,4-11,20H2,1-3H3,(H,22,23)/t12-,14-/m1/s1. The zero-order chi connectivity index (χ0) is 17.5. The number of carbonyl (C=O) groups is 1. The predicted molar refractivity (Wildman–Crippen MR) is 98.9 cm³/mol. The van der Waals surface area contributed by atoms with Crippen LogP contribution in [0.2, 0.25) is 0 Å². The van der Waals surface area contributed by atoms with E-state index in [2.05, 4.69) is 25.8 Å². The van der Waals surface area contributed by atoms with Gasteiger partial charge in [-0.2, -0.15) is 0 Å². The lowest BCUT2D eigenvalue weighted by atomic mass is 9.75. The smallest absolute Gasteiger partial charge is 0.337 e. The molecule has 0 amide bonds. The first-order valence-electron chi connectivity index (χ1n) is 9.12. The first kappa shape index (κ1) is 17.9. The number of fused-ring (bicyclic) bond motifs is 1. The highest BCUT2D eigenvalue weighted by Gasteiger charge is 2.38. The Morgan fingerprint density at radius 1 is 1.38 bits per heavy atom. The Hall–Kier alpha value is -0.910. The van der Waals surface area contributed by atoms with Crippen LogP contribution in [-0.2, 0) is 12.8 Å².